The minimum absolute atomic E-state index is 0.344. The Morgan fingerprint density at radius 2 is 1.86 bits per heavy atom. The average Bonchev–Trinajstić information content (AvgIpc) is 2.65. The molecule has 0 aromatic heterocycles. The number of nitrogens with zero attached hydrogens (tertiary/aromatic N) is 2. The molecule has 0 aliphatic carbocycles. The molecule has 0 aliphatic heterocycles. The predicted molar refractivity (Wildman–Crippen MR) is 112 cm³/mol. The number of hydrogen-bond acceptors (Lipinski definition) is 6. The number of halogens is 1. The summed E-state index contributed by atoms with van der Waals surface area (Å²) in [5.41, 5.74) is 3.31. The van der Waals surface area contributed by atoms with Crippen molar-refractivity contribution in [3.8, 4) is 11.5 Å². The van der Waals surface area contributed by atoms with E-state index in [9.17, 15) is 13.2 Å². The SMILES string of the molecule is COc1ccc(N(CC(=O)N/N=C\c2cc(Br)ccc2OC)S(C)(=O)=O)cc1. The van der Waals surface area contributed by atoms with Gasteiger partial charge >= 0.3 is 0 Å². The first-order valence-corrected chi connectivity index (χ1v) is 10.7. The van der Waals surface area contributed by atoms with Crippen molar-refractivity contribution in [1.82, 2.24) is 5.43 Å². The summed E-state index contributed by atoms with van der Waals surface area (Å²) < 4.78 is 36.3. The molecular weight excluding hydrogens is 450 g/mol. The molecule has 0 radical (unpaired) electrons. The fourth-order valence-corrected chi connectivity index (χ4v) is 3.53. The topological polar surface area (TPSA) is 97.3 Å². The van der Waals surface area contributed by atoms with Gasteiger partial charge in [0.15, 0.2) is 0 Å². The molecule has 0 atom stereocenters. The number of rotatable bonds is 8. The quantitative estimate of drug-likeness (QED) is 0.472. The maximum atomic E-state index is 12.2. The second-order valence-corrected chi connectivity index (χ2v) is 8.47. The van der Waals surface area contributed by atoms with Crippen molar-refractivity contribution >= 4 is 43.8 Å². The molecule has 2 aromatic carbocycles. The van der Waals surface area contributed by atoms with Gasteiger partial charge in [-0.05, 0) is 42.5 Å². The summed E-state index contributed by atoms with van der Waals surface area (Å²) in [4.78, 5) is 12.2. The summed E-state index contributed by atoms with van der Waals surface area (Å²) in [7, 11) is -0.638. The third-order valence-electron chi connectivity index (χ3n) is 3.63. The van der Waals surface area contributed by atoms with Crippen LogP contribution in [0.1, 0.15) is 5.56 Å². The number of nitrogens with one attached hydrogen (secondary N) is 1. The third kappa shape index (κ3) is 5.96. The first-order valence-electron chi connectivity index (χ1n) is 8.02. The molecule has 0 bridgehead atoms. The zero-order valence-corrected chi connectivity index (χ0v) is 18.0. The van der Waals surface area contributed by atoms with E-state index < -0.39 is 22.5 Å². The van der Waals surface area contributed by atoms with Gasteiger partial charge < -0.3 is 9.47 Å². The van der Waals surface area contributed by atoms with Crippen LogP contribution in [0.2, 0.25) is 0 Å². The van der Waals surface area contributed by atoms with E-state index in [1.54, 1.807) is 36.4 Å². The Hall–Kier alpha value is -2.59. The molecule has 0 saturated carbocycles. The first kappa shape index (κ1) is 21.7. The second kappa shape index (κ2) is 9.56. The number of sulfonamides is 1. The van der Waals surface area contributed by atoms with E-state index in [2.05, 4.69) is 26.5 Å². The lowest BCUT2D eigenvalue weighted by molar-refractivity contribution is -0.119. The van der Waals surface area contributed by atoms with E-state index in [0.717, 1.165) is 15.0 Å². The molecule has 0 aliphatic rings. The molecule has 0 fully saturated rings. The van der Waals surface area contributed by atoms with Crippen molar-refractivity contribution in [2.75, 3.05) is 31.3 Å². The second-order valence-electron chi connectivity index (χ2n) is 5.65. The molecule has 0 spiro atoms. The Kier molecular flexibility index (Phi) is 7.41. The molecule has 2 aromatic rings. The monoisotopic (exact) mass is 469 g/mol. The molecule has 150 valence electrons. The van der Waals surface area contributed by atoms with Crippen LogP contribution in [0.3, 0.4) is 0 Å². The number of amides is 1. The highest BCUT2D eigenvalue weighted by molar-refractivity contribution is 9.10. The largest absolute Gasteiger partial charge is 0.497 e. The van der Waals surface area contributed by atoms with Crippen molar-refractivity contribution in [1.29, 1.82) is 0 Å². The van der Waals surface area contributed by atoms with Crippen molar-refractivity contribution in [2.24, 2.45) is 5.10 Å². The maximum Gasteiger partial charge on any atom is 0.260 e. The molecule has 2 rings (SSSR count). The van der Waals surface area contributed by atoms with Gasteiger partial charge in [-0.2, -0.15) is 5.10 Å². The zero-order valence-electron chi connectivity index (χ0n) is 15.5. The number of methoxy groups -OCH3 is 2. The van der Waals surface area contributed by atoms with Crippen molar-refractivity contribution in [3.05, 3.63) is 52.5 Å². The van der Waals surface area contributed by atoms with Crippen molar-refractivity contribution in [2.45, 2.75) is 0 Å². The van der Waals surface area contributed by atoms with Gasteiger partial charge in [0, 0.05) is 10.0 Å². The van der Waals surface area contributed by atoms with Crippen LogP contribution in [0.4, 0.5) is 5.69 Å². The minimum atomic E-state index is -3.67. The van der Waals surface area contributed by atoms with Crippen LogP contribution in [0.25, 0.3) is 0 Å². The van der Waals surface area contributed by atoms with Crippen LogP contribution in [0.15, 0.2) is 52.0 Å². The number of hydrazone groups is 1. The third-order valence-corrected chi connectivity index (χ3v) is 5.27. The highest BCUT2D eigenvalue weighted by Crippen LogP contribution is 2.22. The Morgan fingerprint density at radius 3 is 2.43 bits per heavy atom. The number of hydrogen-bond donors (Lipinski definition) is 1. The Morgan fingerprint density at radius 1 is 1.18 bits per heavy atom. The number of anilines is 1. The van der Waals surface area contributed by atoms with Gasteiger partial charge in [-0.1, -0.05) is 15.9 Å². The molecule has 10 heteroatoms. The summed E-state index contributed by atoms with van der Waals surface area (Å²) >= 11 is 3.35. The van der Waals surface area contributed by atoms with Gasteiger partial charge in [0.2, 0.25) is 10.0 Å². The standard InChI is InChI=1S/C18H20BrN3O5S/c1-26-16-7-5-15(6-8-16)22(28(3,24)25)12-18(23)21-20-11-13-10-14(19)4-9-17(13)27-2/h4-11H,12H2,1-3H3,(H,21,23)/b20-11-. The van der Waals surface area contributed by atoms with Gasteiger partial charge in [-0.3, -0.25) is 9.10 Å². The highest BCUT2D eigenvalue weighted by Gasteiger charge is 2.20. The number of benzene rings is 2. The van der Waals surface area contributed by atoms with E-state index in [1.807, 2.05) is 6.07 Å². The number of carbonyl (C=O) groups excluding carboxylic acids is 1. The van der Waals surface area contributed by atoms with E-state index >= 15 is 0 Å². The fraction of sp³-hybridized carbons (Fsp3) is 0.222. The van der Waals surface area contributed by atoms with Crippen molar-refractivity contribution < 1.29 is 22.7 Å². The summed E-state index contributed by atoms with van der Waals surface area (Å²) in [6.45, 7) is -0.419. The molecule has 0 unspecified atom stereocenters. The van der Waals surface area contributed by atoms with Crippen molar-refractivity contribution in [3.63, 3.8) is 0 Å². The average molecular weight is 470 g/mol. The molecule has 8 nitrogen and oxygen atoms in total. The van der Waals surface area contributed by atoms with Gasteiger partial charge in [-0.25, -0.2) is 13.8 Å². The lowest BCUT2D eigenvalue weighted by Gasteiger charge is -2.21. The number of ether oxygens (including phenoxy) is 2. The molecule has 1 N–H and O–H groups in total. The molecule has 28 heavy (non-hydrogen) atoms. The zero-order chi connectivity index (χ0) is 20.7. The molecule has 0 heterocycles. The Balaban J connectivity index is 2.11. The predicted octanol–water partition coefficient (Wildman–Crippen LogP) is 2.38. The van der Waals surface area contributed by atoms with Gasteiger partial charge in [0.25, 0.3) is 5.91 Å². The lowest BCUT2D eigenvalue weighted by Crippen LogP contribution is -2.39. The highest BCUT2D eigenvalue weighted by atomic mass is 79.9. The van der Waals surface area contributed by atoms with Crippen LogP contribution in [0, 0.1) is 0 Å². The van der Waals surface area contributed by atoms with Gasteiger partial charge in [0.1, 0.15) is 18.0 Å². The van der Waals surface area contributed by atoms with Gasteiger partial charge in [0.05, 0.1) is 32.4 Å². The van der Waals surface area contributed by atoms with E-state index in [4.69, 9.17) is 9.47 Å². The van der Waals surface area contributed by atoms with Crippen LogP contribution in [-0.4, -0.2) is 47.6 Å². The van der Waals surface area contributed by atoms with Crippen LogP contribution in [0.5, 0.6) is 11.5 Å². The van der Waals surface area contributed by atoms with Crippen LogP contribution in [-0.2, 0) is 14.8 Å². The summed E-state index contributed by atoms with van der Waals surface area (Å²) in [5, 5.41) is 3.88. The fourth-order valence-electron chi connectivity index (χ4n) is 2.29. The Labute approximate surface area is 172 Å². The number of carbonyl (C=O) groups is 1. The van der Waals surface area contributed by atoms with Crippen LogP contribution >= 0.6 is 15.9 Å². The first-order chi connectivity index (χ1) is 13.2. The smallest absolute Gasteiger partial charge is 0.260 e. The Bertz CT molecular complexity index is 962. The molecular formula is C18H20BrN3O5S. The lowest BCUT2D eigenvalue weighted by atomic mass is 10.2. The summed E-state index contributed by atoms with van der Waals surface area (Å²) in [6.07, 6.45) is 2.44. The molecule has 1 amide bonds. The maximum absolute atomic E-state index is 12.2. The van der Waals surface area contributed by atoms with E-state index in [-0.39, 0.29) is 0 Å². The van der Waals surface area contributed by atoms with E-state index in [0.29, 0.717) is 22.7 Å². The normalized spacial score (nSPS) is 11.3. The summed E-state index contributed by atoms with van der Waals surface area (Å²) in [5.74, 6) is 0.567. The summed E-state index contributed by atoms with van der Waals surface area (Å²) in [6, 6.07) is 11.7. The minimum Gasteiger partial charge on any atom is -0.497 e. The van der Waals surface area contributed by atoms with E-state index in [1.165, 1.54) is 20.4 Å². The molecule has 0 saturated heterocycles. The van der Waals surface area contributed by atoms with Crippen LogP contribution < -0.4 is 19.2 Å². The van der Waals surface area contributed by atoms with Gasteiger partial charge in [-0.15, -0.1) is 0 Å².